The molecule has 1 amide bonds. The van der Waals surface area contributed by atoms with Gasteiger partial charge in [0.05, 0.1) is 19.2 Å². The molecule has 0 unspecified atom stereocenters. The third kappa shape index (κ3) is 2.10. The van der Waals surface area contributed by atoms with E-state index in [1.807, 2.05) is 26.0 Å². The average molecular weight is 221 g/mol. The highest BCUT2D eigenvalue weighted by molar-refractivity contribution is 5.94. The lowest BCUT2D eigenvalue weighted by Crippen LogP contribution is -2.30. The summed E-state index contributed by atoms with van der Waals surface area (Å²) in [6.07, 6.45) is 0.337. The van der Waals surface area contributed by atoms with Gasteiger partial charge in [0.2, 0.25) is 5.91 Å². The zero-order valence-electron chi connectivity index (χ0n) is 9.66. The lowest BCUT2D eigenvalue weighted by Gasteiger charge is -2.23. The highest BCUT2D eigenvalue weighted by atomic mass is 16.5. The molecule has 0 aliphatic carbocycles. The molecule has 0 aromatic heterocycles. The third-order valence-electron chi connectivity index (χ3n) is 2.43. The van der Waals surface area contributed by atoms with Crippen LogP contribution in [0.15, 0.2) is 18.2 Å². The summed E-state index contributed by atoms with van der Waals surface area (Å²) < 4.78 is 10.9. The standard InChI is InChI=1S/C12H15NO3/c1-12(2)7-11(14)13-9-6-8(15-3)4-5-10(9)16-12/h4-6H,7H2,1-3H3,(H,13,14). The van der Waals surface area contributed by atoms with Gasteiger partial charge in [-0.15, -0.1) is 0 Å². The van der Waals surface area contributed by atoms with Crippen molar-refractivity contribution in [2.75, 3.05) is 12.4 Å². The van der Waals surface area contributed by atoms with E-state index in [0.29, 0.717) is 23.6 Å². The van der Waals surface area contributed by atoms with Gasteiger partial charge in [0.25, 0.3) is 0 Å². The largest absolute Gasteiger partial charge is 0.497 e. The van der Waals surface area contributed by atoms with Crippen LogP contribution < -0.4 is 14.8 Å². The predicted molar refractivity (Wildman–Crippen MR) is 60.9 cm³/mol. The Labute approximate surface area is 94.6 Å². The topological polar surface area (TPSA) is 47.6 Å². The molecule has 1 aliphatic rings. The molecule has 2 rings (SSSR count). The minimum absolute atomic E-state index is 0.0444. The van der Waals surface area contributed by atoms with Crippen LogP contribution in [0.2, 0.25) is 0 Å². The smallest absolute Gasteiger partial charge is 0.228 e. The van der Waals surface area contributed by atoms with Gasteiger partial charge < -0.3 is 14.8 Å². The number of anilines is 1. The molecule has 0 fully saturated rings. The van der Waals surface area contributed by atoms with Crippen molar-refractivity contribution in [1.29, 1.82) is 0 Å². The SMILES string of the molecule is COc1ccc2c(c1)NC(=O)CC(C)(C)O2. The molecule has 0 radical (unpaired) electrons. The Morgan fingerprint density at radius 1 is 1.44 bits per heavy atom. The lowest BCUT2D eigenvalue weighted by molar-refractivity contribution is -0.118. The van der Waals surface area contributed by atoms with Gasteiger partial charge in [0.15, 0.2) is 0 Å². The van der Waals surface area contributed by atoms with E-state index in [2.05, 4.69) is 5.32 Å². The van der Waals surface area contributed by atoms with E-state index in [0.717, 1.165) is 0 Å². The Morgan fingerprint density at radius 3 is 2.88 bits per heavy atom. The molecule has 1 heterocycles. The fourth-order valence-electron chi connectivity index (χ4n) is 1.74. The van der Waals surface area contributed by atoms with Crippen LogP contribution >= 0.6 is 0 Å². The van der Waals surface area contributed by atoms with Crippen molar-refractivity contribution in [1.82, 2.24) is 0 Å². The maximum absolute atomic E-state index is 11.6. The van der Waals surface area contributed by atoms with Gasteiger partial charge in [0.1, 0.15) is 17.1 Å². The van der Waals surface area contributed by atoms with Crippen molar-refractivity contribution >= 4 is 11.6 Å². The van der Waals surface area contributed by atoms with Crippen molar-refractivity contribution in [3.63, 3.8) is 0 Å². The minimum Gasteiger partial charge on any atom is -0.497 e. The Bertz CT molecular complexity index is 426. The van der Waals surface area contributed by atoms with Crippen molar-refractivity contribution in [2.24, 2.45) is 0 Å². The second-order valence-corrected chi connectivity index (χ2v) is 4.45. The number of nitrogens with one attached hydrogen (secondary N) is 1. The molecule has 1 aromatic rings. The molecule has 4 nitrogen and oxygen atoms in total. The number of ether oxygens (including phenoxy) is 2. The van der Waals surface area contributed by atoms with Gasteiger partial charge in [-0.05, 0) is 26.0 Å². The summed E-state index contributed by atoms with van der Waals surface area (Å²) >= 11 is 0. The van der Waals surface area contributed by atoms with Gasteiger partial charge in [-0.2, -0.15) is 0 Å². The molecule has 0 spiro atoms. The molecule has 1 aromatic carbocycles. The fraction of sp³-hybridized carbons (Fsp3) is 0.417. The number of carbonyl (C=O) groups excluding carboxylic acids is 1. The second-order valence-electron chi connectivity index (χ2n) is 4.45. The van der Waals surface area contributed by atoms with E-state index in [1.165, 1.54) is 0 Å². The van der Waals surface area contributed by atoms with Crippen LogP contribution in [-0.2, 0) is 4.79 Å². The molecule has 0 saturated carbocycles. The maximum Gasteiger partial charge on any atom is 0.228 e. The summed E-state index contributed by atoms with van der Waals surface area (Å²) in [6.45, 7) is 3.79. The second kappa shape index (κ2) is 3.70. The third-order valence-corrected chi connectivity index (χ3v) is 2.43. The summed E-state index contributed by atoms with van der Waals surface area (Å²) in [5, 5.41) is 2.81. The minimum atomic E-state index is -0.482. The number of hydrogen-bond acceptors (Lipinski definition) is 3. The molecule has 0 saturated heterocycles. The lowest BCUT2D eigenvalue weighted by atomic mass is 10.1. The number of amides is 1. The molecular formula is C12H15NO3. The van der Waals surface area contributed by atoms with Crippen LogP contribution in [0.4, 0.5) is 5.69 Å². The molecular weight excluding hydrogens is 206 g/mol. The first-order chi connectivity index (χ1) is 7.50. The monoisotopic (exact) mass is 221 g/mol. The summed E-state index contributed by atoms with van der Waals surface area (Å²) in [4.78, 5) is 11.6. The molecule has 86 valence electrons. The van der Waals surface area contributed by atoms with Crippen molar-refractivity contribution in [2.45, 2.75) is 25.9 Å². The summed E-state index contributed by atoms with van der Waals surface area (Å²) in [5.74, 6) is 1.33. The Kier molecular flexibility index (Phi) is 2.50. The average Bonchev–Trinajstić information content (AvgIpc) is 2.29. The Hall–Kier alpha value is -1.71. The fourth-order valence-corrected chi connectivity index (χ4v) is 1.74. The molecule has 0 bridgehead atoms. The molecule has 16 heavy (non-hydrogen) atoms. The van der Waals surface area contributed by atoms with Gasteiger partial charge in [-0.3, -0.25) is 4.79 Å². The summed E-state index contributed by atoms with van der Waals surface area (Å²) in [7, 11) is 1.59. The van der Waals surface area contributed by atoms with E-state index in [9.17, 15) is 4.79 Å². The first kappa shape index (κ1) is 10.8. The zero-order chi connectivity index (χ0) is 11.8. The van der Waals surface area contributed by atoms with Crippen LogP contribution in [0.3, 0.4) is 0 Å². The Morgan fingerprint density at radius 2 is 2.19 bits per heavy atom. The van der Waals surface area contributed by atoms with Crippen LogP contribution in [0.25, 0.3) is 0 Å². The van der Waals surface area contributed by atoms with Gasteiger partial charge in [-0.1, -0.05) is 0 Å². The van der Waals surface area contributed by atoms with Crippen molar-refractivity contribution in [3.05, 3.63) is 18.2 Å². The summed E-state index contributed by atoms with van der Waals surface area (Å²) in [5.41, 5.74) is 0.180. The van der Waals surface area contributed by atoms with E-state index in [4.69, 9.17) is 9.47 Å². The van der Waals surface area contributed by atoms with E-state index in [1.54, 1.807) is 13.2 Å². The van der Waals surface area contributed by atoms with Crippen LogP contribution in [0.1, 0.15) is 20.3 Å². The number of fused-ring (bicyclic) bond motifs is 1. The normalized spacial score (nSPS) is 17.8. The zero-order valence-corrected chi connectivity index (χ0v) is 9.66. The molecule has 0 atom stereocenters. The van der Waals surface area contributed by atoms with Gasteiger partial charge in [-0.25, -0.2) is 0 Å². The van der Waals surface area contributed by atoms with Crippen LogP contribution in [-0.4, -0.2) is 18.6 Å². The number of benzene rings is 1. The molecule has 1 aliphatic heterocycles. The van der Waals surface area contributed by atoms with Gasteiger partial charge in [0, 0.05) is 6.07 Å². The first-order valence-corrected chi connectivity index (χ1v) is 5.17. The molecule has 4 heteroatoms. The van der Waals surface area contributed by atoms with Crippen LogP contribution in [0.5, 0.6) is 11.5 Å². The maximum atomic E-state index is 11.6. The number of rotatable bonds is 1. The quantitative estimate of drug-likeness (QED) is 0.790. The molecule has 1 N–H and O–H groups in total. The van der Waals surface area contributed by atoms with E-state index < -0.39 is 5.60 Å². The number of methoxy groups -OCH3 is 1. The number of carbonyl (C=O) groups is 1. The summed E-state index contributed by atoms with van der Waals surface area (Å²) in [6, 6.07) is 5.38. The van der Waals surface area contributed by atoms with E-state index in [-0.39, 0.29) is 5.91 Å². The van der Waals surface area contributed by atoms with Crippen molar-refractivity contribution < 1.29 is 14.3 Å². The first-order valence-electron chi connectivity index (χ1n) is 5.17. The Balaban J connectivity index is 2.42. The highest BCUT2D eigenvalue weighted by Crippen LogP contribution is 2.35. The van der Waals surface area contributed by atoms with Crippen LogP contribution in [0, 0.1) is 0 Å². The highest BCUT2D eigenvalue weighted by Gasteiger charge is 2.29. The number of hydrogen-bond donors (Lipinski definition) is 1. The van der Waals surface area contributed by atoms with Crippen molar-refractivity contribution in [3.8, 4) is 11.5 Å². The predicted octanol–water partition coefficient (Wildman–Crippen LogP) is 2.19. The van der Waals surface area contributed by atoms with Gasteiger partial charge >= 0.3 is 0 Å². The van der Waals surface area contributed by atoms with E-state index >= 15 is 0 Å².